The van der Waals surface area contributed by atoms with Gasteiger partial charge >= 0.3 is 5.97 Å². The molecule has 0 saturated carbocycles. The van der Waals surface area contributed by atoms with Crippen molar-refractivity contribution in [3.8, 4) is 5.75 Å². The van der Waals surface area contributed by atoms with Crippen LogP contribution in [-0.2, 0) is 16.0 Å². The molecule has 2 atom stereocenters. The average Bonchev–Trinajstić information content (AvgIpc) is 2.76. The van der Waals surface area contributed by atoms with E-state index in [0.29, 0.717) is 12.5 Å². The van der Waals surface area contributed by atoms with Crippen LogP contribution in [0.3, 0.4) is 0 Å². The lowest BCUT2D eigenvalue weighted by atomic mass is 9.96. The summed E-state index contributed by atoms with van der Waals surface area (Å²) < 4.78 is 10.9. The van der Waals surface area contributed by atoms with Crippen LogP contribution < -0.4 is 4.74 Å². The van der Waals surface area contributed by atoms with E-state index in [1.165, 1.54) is 5.56 Å². The minimum atomic E-state index is -0.269. The van der Waals surface area contributed by atoms with E-state index in [-0.39, 0.29) is 17.8 Å². The van der Waals surface area contributed by atoms with Crippen LogP contribution in [-0.4, -0.2) is 19.7 Å². The van der Waals surface area contributed by atoms with E-state index in [1.54, 1.807) is 7.11 Å². The molecule has 158 valence electrons. The van der Waals surface area contributed by atoms with Crippen molar-refractivity contribution in [2.24, 2.45) is 5.92 Å². The third-order valence-electron chi connectivity index (χ3n) is 5.59. The van der Waals surface area contributed by atoms with Gasteiger partial charge in [-0.15, -0.1) is 0 Å². The summed E-state index contributed by atoms with van der Waals surface area (Å²) in [4.78, 5) is 12.6. The molecule has 0 heterocycles. The maximum Gasteiger partial charge on any atom is 0.313 e. The Balaban J connectivity index is 1.60. The van der Waals surface area contributed by atoms with Gasteiger partial charge < -0.3 is 9.47 Å². The maximum absolute atomic E-state index is 12.6. The molecular formula is C27H32O3. The highest BCUT2D eigenvalue weighted by Crippen LogP contribution is 2.26. The molecule has 0 radical (unpaired) electrons. The van der Waals surface area contributed by atoms with E-state index in [2.05, 4.69) is 57.2 Å². The topological polar surface area (TPSA) is 35.5 Å². The summed E-state index contributed by atoms with van der Waals surface area (Å²) in [5, 5.41) is 2.29. The largest absolute Gasteiger partial charge is 0.497 e. The molecule has 3 aromatic rings. The van der Waals surface area contributed by atoms with Crippen molar-refractivity contribution < 1.29 is 14.3 Å². The molecule has 3 nitrogen and oxygen atoms in total. The third-order valence-corrected chi connectivity index (χ3v) is 5.59. The van der Waals surface area contributed by atoms with Crippen molar-refractivity contribution in [2.45, 2.75) is 46.0 Å². The molecule has 3 heteroatoms. The summed E-state index contributed by atoms with van der Waals surface area (Å²) in [7, 11) is 1.67. The van der Waals surface area contributed by atoms with Crippen LogP contribution in [0.4, 0.5) is 0 Å². The normalized spacial score (nSPS) is 13.3. The van der Waals surface area contributed by atoms with Crippen LogP contribution in [0.2, 0.25) is 0 Å². The predicted molar refractivity (Wildman–Crippen MR) is 123 cm³/mol. The quantitative estimate of drug-likeness (QED) is 0.402. The Hall–Kier alpha value is -2.81. The number of ether oxygens (including phenoxy) is 2. The van der Waals surface area contributed by atoms with E-state index < -0.39 is 0 Å². The monoisotopic (exact) mass is 404 g/mol. The summed E-state index contributed by atoms with van der Waals surface area (Å²) in [5.41, 5.74) is 3.46. The lowest BCUT2D eigenvalue weighted by Crippen LogP contribution is -2.16. The summed E-state index contributed by atoms with van der Waals surface area (Å²) in [5.74, 6) is 1.15. The molecule has 0 bridgehead atoms. The zero-order valence-corrected chi connectivity index (χ0v) is 18.6. The first-order valence-electron chi connectivity index (χ1n) is 10.7. The number of esters is 1. The number of hydrogen-bond donors (Lipinski definition) is 0. The maximum atomic E-state index is 12.6. The molecule has 0 fully saturated rings. The van der Waals surface area contributed by atoms with Gasteiger partial charge in [-0.1, -0.05) is 69.3 Å². The zero-order valence-electron chi connectivity index (χ0n) is 18.6. The summed E-state index contributed by atoms with van der Waals surface area (Å²) in [6.07, 6.45) is 1.05. The molecule has 0 aliphatic heterocycles. The molecule has 0 spiro atoms. The first kappa shape index (κ1) is 21.9. The second-order valence-electron chi connectivity index (χ2n) is 8.56. The van der Waals surface area contributed by atoms with Gasteiger partial charge in [0.15, 0.2) is 0 Å². The Morgan fingerprint density at radius 1 is 0.833 bits per heavy atom. The Morgan fingerprint density at radius 2 is 1.47 bits per heavy atom. The highest BCUT2D eigenvalue weighted by atomic mass is 16.5. The second kappa shape index (κ2) is 9.80. The molecule has 3 rings (SSSR count). The number of carbonyl (C=O) groups is 1. The lowest BCUT2D eigenvalue weighted by Gasteiger charge is -2.17. The number of fused-ring (bicyclic) bond motifs is 1. The van der Waals surface area contributed by atoms with Crippen molar-refractivity contribution in [3.63, 3.8) is 0 Å². The molecule has 0 unspecified atom stereocenters. The fourth-order valence-electron chi connectivity index (χ4n) is 3.65. The van der Waals surface area contributed by atoms with Crippen LogP contribution in [0, 0.1) is 5.92 Å². The van der Waals surface area contributed by atoms with Crippen LogP contribution in [0.15, 0.2) is 60.7 Å². The van der Waals surface area contributed by atoms with Crippen molar-refractivity contribution >= 4 is 16.7 Å². The Morgan fingerprint density at radius 3 is 2.13 bits per heavy atom. The molecule has 0 aliphatic carbocycles. The highest BCUT2D eigenvalue weighted by Gasteiger charge is 2.18. The molecular weight excluding hydrogens is 372 g/mol. The van der Waals surface area contributed by atoms with E-state index in [4.69, 9.17) is 9.47 Å². The fourth-order valence-corrected chi connectivity index (χ4v) is 3.65. The predicted octanol–water partition coefficient (Wildman–Crippen LogP) is 6.50. The first-order valence-corrected chi connectivity index (χ1v) is 10.7. The minimum absolute atomic E-state index is 0.126. The molecule has 0 N–H and O–H groups in total. The molecule has 0 saturated heterocycles. The van der Waals surface area contributed by atoms with E-state index in [9.17, 15) is 4.79 Å². The van der Waals surface area contributed by atoms with Crippen molar-refractivity contribution in [2.75, 3.05) is 13.7 Å². The van der Waals surface area contributed by atoms with Crippen molar-refractivity contribution in [3.05, 3.63) is 77.4 Å². The molecule has 0 aromatic heterocycles. The SMILES string of the molecule is COc1ccc2cc([C@H](C)COC(=O)[C@@H](C)c3ccc(CC(C)C)cc3)ccc2c1. The summed E-state index contributed by atoms with van der Waals surface area (Å²) in [6.45, 7) is 8.79. The van der Waals surface area contributed by atoms with Gasteiger partial charge in [-0.2, -0.15) is 0 Å². The average molecular weight is 405 g/mol. The summed E-state index contributed by atoms with van der Waals surface area (Å²) in [6, 6.07) is 20.7. The Labute approximate surface area is 180 Å². The van der Waals surface area contributed by atoms with E-state index in [0.717, 1.165) is 34.1 Å². The zero-order chi connectivity index (χ0) is 21.7. The van der Waals surface area contributed by atoms with Gasteiger partial charge in [0.05, 0.1) is 19.6 Å². The Bertz CT molecular complexity index is 989. The van der Waals surface area contributed by atoms with E-state index >= 15 is 0 Å². The number of methoxy groups -OCH3 is 1. The minimum Gasteiger partial charge on any atom is -0.497 e. The molecule has 30 heavy (non-hydrogen) atoms. The van der Waals surface area contributed by atoms with Gasteiger partial charge in [0.1, 0.15) is 5.75 Å². The van der Waals surface area contributed by atoms with Gasteiger partial charge in [-0.25, -0.2) is 0 Å². The molecule has 3 aromatic carbocycles. The number of rotatable bonds is 8. The van der Waals surface area contributed by atoms with Crippen LogP contribution in [0.1, 0.15) is 56.2 Å². The third kappa shape index (κ3) is 5.41. The highest BCUT2D eigenvalue weighted by molar-refractivity contribution is 5.84. The summed E-state index contributed by atoms with van der Waals surface area (Å²) >= 11 is 0. The Kier molecular flexibility index (Phi) is 7.15. The smallest absolute Gasteiger partial charge is 0.313 e. The number of benzene rings is 3. The number of hydrogen-bond acceptors (Lipinski definition) is 3. The van der Waals surface area contributed by atoms with Gasteiger partial charge in [-0.3, -0.25) is 4.79 Å². The fraction of sp³-hybridized carbons (Fsp3) is 0.370. The van der Waals surface area contributed by atoms with Crippen LogP contribution >= 0.6 is 0 Å². The second-order valence-corrected chi connectivity index (χ2v) is 8.56. The van der Waals surface area contributed by atoms with E-state index in [1.807, 2.05) is 31.2 Å². The molecule has 0 amide bonds. The van der Waals surface area contributed by atoms with Gasteiger partial charge in [-0.05, 0) is 58.9 Å². The lowest BCUT2D eigenvalue weighted by molar-refractivity contribution is -0.145. The molecule has 0 aliphatic rings. The van der Waals surface area contributed by atoms with Crippen molar-refractivity contribution in [1.29, 1.82) is 0 Å². The van der Waals surface area contributed by atoms with Gasteiger partial charge in [0, 0.05) is 5.92 Å². The van der Waals surface area contributed by atoms with Crippen LogP contribution in [0.5, 0.6) is 5.75 Å². The van der Waals surface area contributed by atoms with Gasteiger partial charge in [0.25, 0.3) is 0 Å². The van der Waals surface area contributed by atoms with Crippen LogP contribution in [0.25, 0.3) is 10.8 Å². The van der Waals surface area contributed by atoms with Gasteiger partial charge in [0.2, 0.25) is 0 Å². The first-order chi connectivity index (χ1) is 14.4. The standard InChI is InChI=1S/C27H32O3/c1-18(2)14-21-6-8-22(9-7-21)20(4)27(28)30-17-19(3)23-10-11-25-16-26(29-5)13-12-24(25)15-23/h6-13,15-16,18-20H,14,17H2,1-5H3/t19-,20+/m1/s1. The number of carbonyl (C=O) groups excluding carboxylic acids is 1. The van der Waals surface area contributed by atoms with Crippen molar-refractivity contribution in [1.82, 2.24) is 0 Å².